The van der Waals surface area contributed by atoms with Gasteiger partial charge in [0, 0.05) is 60.3 Å². The van der Waals surface area contributed by atoms with E-state index in [2.05, 4.69) is 9.88 Å². The molecular weight excluding hydrogens is 499 g/mol. The van der Waals surface area contributed by atoms with E-state index in [1.54, 1.807) is 59.8 Å². The predicted molar refractivity (Wildman–Crippen MR) is 138 cm³/mol. The number of piperazine rings is 1. The van der Waals surface area contributed by atoms with Crippen molar-refractivity contribution >= 4 is 27.5 Å². The van der Waals surface area contributed by atoms with Crippen LogP contribution in [0.25, 0.3) is 11.1 Å². The molecule has 2 aromatic carbocycles. The van der Waals surface area contributed by atoms with Crippen molar-refractivity contribution in [3.8, 4) is 16.9 Å². The summed E-state index contributed by atoms with van der Waals surface area (Å²) < 4.78 is 44.8. The summed E-state index contributed by atoms with van der Waals surface area (Å²) in [5.74, 6) is -0.913. The summed E-state index contributed by atoms with van der Waals surface area (Å²) in [5.41, 5.74) is 2.25. The number of nitrogens with one attached hydrogen (secondary N) is 1. The van der Waals surface area contributed by atoms with E-state index in [0.29, 0.717) is 49.7 Å². The van der Waals surface area contributed by atoms with Gasteiger partial charge in [-0.3, -0.25) is 14.6 Å². The smallest absolute Gasteiger partial charge is 0.264 e. The second-order valence-corrected chi connectivity index (χ2v) is 10.3. The zero-order valence-corrected chi connectivity index (χ0v) is 21.3. The Balaban J connectivity index is 1.38. The number of anilines is 1. The molecule has 1 saturated heterocycles. The number of rotatable bonds is 7. The molecule has 2 heterocycles. The topological polar surface area (TPSA) is 109 Å². The van der Waals surface area contributed by atoms with Gasteiger partial charge < -0.3 is 14.5 Å². The van der Waals surface area contributed by atoms with E-state index in [1.807, 2.05) is 11.6 Å². The highest BCUT2D eigenvalue weighted by Crippen LogP contribution is 2.27. The molecule has 194 valence electrons. The zero-order chi connectivity index (χ0) is 26.6. The van der Waals surface area contributed by atoms with Gasteiger partial charge in [0.1, 0.15) is 11.6 Å². The third-order valence-corrected chi connectivity index (χ3v) is 6.45. The second kappa shape index (κ2) is 11.0. The fraction of sp³-hybridized carbons (Fsp3) is 0.269. The Hall–Kier alpha value is -3.99. The molecule has 3 aromatic rings. The number of pyridine rings is 1. The van der Waals surface area contributed by atoms with Crippen LogP contribution in [0.3, 0.4) is 0 Å². The third-order valence-electron chi connectivity index (χ3n) is 5.89. The van der Waals surface area contributed by atoms with E-state index in [0.717, 1.165) is 11.9 Å². The van der Waals surface area contributed by atoms with Crippen LogP contribution in [-0.4, -0.2) is 69.2 Å². The Kier molecular flexibility index (Phi) is 7.72. The van der Waals surface area contributed by atoms with Crippen LogP contribution < -0.4 is 14.4 Å². The number of aromatic nitrogens is 1. The maximum absolute atomic E-state index is 14.9. The number of halogens is 1. The van der Waals surface area contributed by atoms with E-state index in [4.69, 9.17) is 4.74 Å². The molecule has 0 bridgehead atoms. The predicted octanol–water partition coefficient (Wildman–Crippen LogP) is 2.94. The summed E-state index contributed by atoms with van der Waals surface area (Å²) in [7, 11) is -3.64. The lowest BCUT2D eigenvalue weighted by Crippen LogP contribution is -2.48. The normalized spacial score (nSPS) is 13.8. The minimum absolute atomic E-state index is 0.230. The van der Waals surface area contributed by atoms with Crippen LogP contribution in [0.15, 0.2) is 60.9 Å². The second-order valence-electron chi connectivity index (χ2n) is 8.57. The Morgan fingerprint density at radius 2 is 1.68 bits per heavy atom. The Labute approximate surface area is 214 Å². The van der Waals surface area contributed by atoms with Crippen LogP contribution >= 0.6 is 0 Å². The molecule has 0 radical (unpaired) electrons. The van der Waals surface area contributed by atoms with Gasteiger partial charge in [-0.25, -0.2) is 17.5 Å². The molecule has 11 heteroatoms. The molecule has 1 N–H and O–H groups in total. The molecular formula is C26H27FN4O5S. The lowest BCUT2D eigenvalue weighted by molar-refractivity contribution is 0.0746. The number of ether oxygens (including phenoxy) is 1. The summed E-state index contributed by atoms with van der Waals surface area (Å²) in [4.78, 5) is 32.8. The average Bonchev–Trinajstić information content (AvgIpc) is 2.88. The first-order chi connectivity index (χ1) is 17.6. The van der Waals surface area contributed by atoms with E-state index >= 15 is 0 Å². The molecule has 0 spiro atoms. The van der Waals surface area contributed by atoms with Gasteiger partial charge in [-0.15, -0.1) is 0 Å². The van der Waals surface area contributed by atoms with E-state index < -0.39 is 21.7 Å². The first kappa shape index (κ1) is 26.1. The average molecular weight is 527 g/mol. The third kappa shape index (κ3) is 6.42. The van der Waals surface area contributed by atoms with Crippen LogP contribution in [0.5, 0.6) is 5.75 Å². The minimum Gasteiger partial charge on any atom is -0.492 e. The summed E-state index contributed by atoms with van der Waals surface area (Å²) >= 11 is 0. The lowest BCUT2D eigenvalue weighted by Gasteiger charge is -2.36. The van der Waals surface area contributed by atoms with Crippen LogP contribution in [0, 0.1) is 5.82 Å². The zero-order valence-electron chi connectivity index (χ0n) is 20.5. The number of hydrogen-bond donors (Lipinski definition) is 1. The number of sulfonamides is 1. The molecule has 0 atom stereocenters. The van der Waals surface area contributed by atoms with Gasteiger partial charge in [0.05, 0.1) is 19.1 Å². The Morgan fingerprint density at radius 1 is 1.00 bits per heavy atom. The fourth-order valence-electron chi connectivity index (χ4n) is 4.10. The lowest BCUT2D eigenvalue weighted by atomic mass is 10.0. The highest BCUT2D eigenvalue weighted by Gasteiger charge is 2.23. The number of carbonyl (C=O) groups is 2. The van der Waals surface area contributed by atoms with Crippen molar-refractivity contribution in [2.24, 2.45) is 0 Å². The summed E-state index contributed by atoms with van der Waals surface area (Å²) in [6, 6.07) is 12.7. The fourth-order valence-corrected chi connectivity index (χ4v) is 4.55. The maximum Gasteiger partial charge on any atom is 0.264 e. The largest absolute Gasteiger partial charge is 0.492 e. The first-order valence-electron chi connectivity index (χ1n) is 11.7. The minimum atomic E-state index is -3.64. The van der Waals surface area contributed by atoms with Crippen molar-refractivity contribution < 1.29 is 27.1 Å². The number of amides is 2. The molecule has 1 aromatic heterocycles. The highest BCUT2D eigenvalue weighted by atomic mass is 32.2. The monoisotopic (exact) mass is 526 g/mol. The molecule has 2 amide bonds. The number of nitrogens with zero attached hydrogens (tertiary/aromatic N) is 3. The number of carbonyl (C=O) groups excluding carboxylic acids is 2. The van der Waals surface area contributed by atoms with Gasteiger partial charge in [-0.2, -0.15) is 0 Å². The van der Waals surface area contributed by atoms with E-state index in [-0.39, 0.29) is 17.0 Å². The van der Waals surface area contributed by atoms with Crippen molar-refractivity contribution in [1.29, 1.82) is 0 Å². The van der Waals surface area contributed by atoms with E-state index in [9.17, 15) is 22.4 Å². The summed E-state index contributed by atoms with van der Waals surface area (Å²) in [6.45, 7) is 4.32. The molecule has 0 unspecified atom stereocenters. The van der Waals surface area contributed by atoms with Crippen molar-refractivity contribution in [2.45, 2.75) is 6.92 Å². The van der Waals surface area contributed by atoms with Crippen molar-refractivity contribution in [2.75, 3.05) is 43.9 Å². The van der Waals surface area contributed by atoms with Crippen molar-refractivity contribution in [3.63, 3.8) is 0 Å². The number of hydrogen-bond acceptors (Lipinski definition) is 7. The van der Waals surface area contributed by atoms with Crippen LogP contribution in [0.2, 0.25) is 0 Å². The van der Waals surface area contributed by atoms with Gasteiger partial charge in [-0.1, -0.05) is 6.07 Å². The van der Waals surface area contributed by atoms with Crippen LogP contribution in [0.4, 0.5) is 10.1 Å². The van der Waals surface area contributed by atoms with Gasteiger partial charge in [-0.05, 0) is 49.4 Å². The molecule has 1 aliphatic heterocycles. The summed E-state index contributed by atoms with van der Waals surface area (Å²) in [6.07, 6.45) is 4.03. The quantitative estimate of drug-likeness (QED) is 0.504. The maximum atomic E-state index is 14.9. The van der Waals surface area contributed by atoms with Crippen molar-refractivity contribution in [1.82, 2.24) is 14.6 Å². The standard InChI is InChI=1S/C26H27FN4O5S/c1-3-36-22-14-20(16-28-17-22)23-9-6-19(15-24(23)27)26(33)31-12-10-30(11-13-31)21-7-4-18(5-8-21)25(32)29-37(2,34)35/h4-9,14-17H,3,10-13H2,1-2H3,(H,29,32). The molecule has 0 saturated carbocycles. The molecule has 9 nitrogen and oxygen atoms in total. The van der Waals surface area contributed by atoms with Gasteiger partial charge in [0.2, 0.25) is 10.0 Å². The summed E-state index contributed by atoms with van der Waals surface area (Å²) in [5, 5.41) is 0. The first-order valence-corrected chi connectivity index (χ1v) is 13.6. The molecule has 0 aliphatic carbocycles. The Morgan fingerprint density at radius 3 is 2.30 bits per heavy atom. The molecule has 37 heavy (non-hydrogen) atoms. The highest BCUT2D eigenvalue weighted by molar-refractivity contribution is 7.89. The number of benzene rings is 2. The SMILES string of the molecule is CCOc1cncc(-c2ccc(C(=O)N3CCN(c4ccc(C(=O)NS(C)(=O)=O)cc4)CC3)cc2F)c1. The van der Waals surface area contributed by atoms with Crippen LogP contribution in [-0.2, 0) is 10.0 Å². The van der Waals surface area contributed by atoms with E-state index in [1.165, 1.54) is 6.07 Å². The molecule has 1 aliphatic rings. The van der Waals surface area contributed by atoms with Gasteiger partial charge >= 0.3 is 0 Å². The van der Waals surface area contributed by atoms with Crippen molar-refractivity contribution in [3.05, 3.63) is 77.9 Å². The molecule has 4 rings (SSSR count). The van der Waals surface area contributed by atoms with Gasteiger partial charge in [0.15, 0.2) is 0 Å². The van der Waals surface area contributed by atoms with Crippen LogP contribution in [0.1, 0.15) is 27.6 Å². The Bertz CT molecular complexity index is 1400. The van der Waals surface area contributed by atoms with Gasteiger partial charge in [0.25, 0.3) is 11.8 Å². The molecule has 1 fully saturated rings.